The molecule has 0 aliphatic rings. The number of amides is 2. The highest BCUT2D eigenvalue weighted by molar-refractivity contribution is 9.10. The first-order valence-corrected chi connectivity index (χ1v) is 11.5. The van der Waals surface area contributed by atoms with Crippen LogP contribution in [0.15, 0.2) is 70.2 Å². The van der Waals surface area contributed by atoms with Gasteiger partial charge in [0.1, 0.15) is 12.4 Å². The van der Waals surface area contributed by atoms with Crippen LogP contribution in [0.1, 0.15) is 29.5 Å². The van der Waals surface area contributed by atoms with Gasteiger partial charge in [-0.15, -0.1) is 0 Å². The van der Waals surface area contributed by atoms with Crippen LogP contribution in [-0.4, -0.2) is 25.1 Å². The van der Waals surface area contributed by atoms with Crippen molar-refractivity contribution in [1.82, 2.24) is 5.43 Å². The van der Waals surface area contributed by atoms with Crippen molar-refractivity contribution in [3.05, 3.63) is 87.6 Å². The number of hydrazone groups is 1. The number of nitrogens with zero attached hydrogens (tertiary/aromatic N) is 2. The molecule has 2 amide bonds. The lowest BCUT2D eigenvalue weighted by molar-refractivity contribution is -0.124. The number of benzene rings is 3. The smallest absolute Gasteiger partial charge is 0.240 e. The quantitative estimate of drug-likeness (QED) is 0.274. The Balaban J connectivity index is 1.53. The van der Waals surface area contributed by atoms with E-state index in [0.29, 0.717) is 32.8 Å². The Labute approximate surface area is 215 Å². The number of halogens is 2. The normalized spacial score (nSPS) is 10.5. The van der Waals surface area contributed by atoms with Crippen molar-refractivity contribution in [3.8, 4) is 17.6 Å². The Morgan fingerprint density at radius 1 is 1.11 bits per heavy atom. The summed E-state index contributed by atoms with van der Waals surface area (Å²) in [5.74, 6) is -0.328. The molecule has 0 radical (unpaired) electrons. The van der Waals surface area contributed by atoms with E-state index < -0.39 is 11.7 Å². The molecule has 0 fully saturated rings. The predicted octanol–water partition coefficient (Wildman–Crippen LogP) is 4.92. The predicted molar refractivity (Wildman–Crippen MR) is 136 cm³/mol. The minimum absolute atomic E-state index is 0.0565. The number of nitriles is 1. The molecule has 0 aliphatic carbocycles. The number of carbonyl (C=O) groups is 2. The second-order valence-corrected chi connectivity index (χ2v) is 8.29. The number of ether oxygens (including phenoxy) is 2. The zero-order chi connectivity index (χ0) is 25.9. The number of hydrogen-bond acceptors (Lipinski definition) is 6. The monoisotopic (exact) mass is 552 g/mol. The van der Waals surface area contributed by atoms with Crippen molar-refractivity contribution in [2.45, 2.75) is 19.4 Å². The van der Waals surface area contributed by atoms with Gasteiger partial charge in [0.25, 0.3) is 0 Å². The van der Waals surface area contributed by atoms with Gasteiger partial charge < -0.3 is 14.8 Å². The van der Waals surface area contributed by atoms with E-state index in [9.17, 15) is 19.2 Å². The second-order valence-electron chi connectivity index (χ2n) is 7.44. The molecule has 0 aliphatic heterocycles. The molecule has 3 aromatic rings. The lowest BCUT2D eigenvalue weighted by Crippen LogP contribution is -2.20. The second kappa shape index (κ2) is 13.0. The summed E-state index contributed by atoms with van der Waals surface area (Å²) in [6.07, 6.45) is 1.30. The van der Waals surface area contributed by atoms with Gasteiger partial charge in [0.15, 0.2) is 11.5 Å². The maximum absolute atomic E-state index is 12.9. The Bertz CT molecular complexity index is 1310. The van der Waals surface area contributed by atoms with E-state index >= 15 is 0 Å². The fraction of sp³-hybridized carbons (Fsp3) is 0.154. The van der Waals surface area contributed by atoms with Crippen LogP contribution in [-0.2, 0) is 16.2 Å². The van der Waals surface area contributed by atoms with E-state index in [1.807, 2.05) is 12.1 Å². The third-order valence-electron chi connectivity index (χ3n) is 4.87. The van der Waals surface area contributed by atoms with Gasteiger partial charge in [0.05, 0.1) is 29.4 Å². The molecular weight excluding hydrogens is 531 g/mol. The third kappa shape index (κ3) is 7.65. The highest BCUT2D eigenvalue weighted by atomic mass is 79.9. The Morgan fingerprint density at radius 3 is 2.56 bits per heavy atom. The molecule has 0 unspecified atom stereocenters. The lowest BCUT2D eigenvalue weighted by atomic mass is 10.1. The molecule has 0 heterocycles. The van der Waals surface area contributed by atoms with Gasteiger partial charge in [-0.25, -0.2) is 9.82 Å². The Morgan fingerprint density at radius 2 is 1.83 bits per heavy atom. The largest absolute Gasteiger partial charge is 0.493 e. The summed E-state index contributed by atoms with van der Waals surface area (Å²) < 4.78 is 24.8. The van der Waals surface area contributed by atoms with Crippen LogP contribution in [0.25, 0.3) is 0 Å². The minimum Gasteiger partial charge on any atom is -0.493 e. The van der Waals surface area contributed by atoms with Crippen LogP contribution in [0, 0.1) is 17.1 Å². The average molecular weight is 553 g/mol. The first-order chi connectivity index (χ1) is 17.4. The molecule has 2 N–H and O–H groups in total. The first kappa shape index (κ1) is 26.4. The van der Waals surface area contributed by atoms with Crippen LogP contribution >= 0.6 is 15.9 Å². The van der Waals surface area contributed by atoms with E-state index in [2.05, 4.69) is 37.8 Å². The van der Waals surface area contributed by atoms with Crippen molar-refractivity contribution in [2.24, 2.45) is 5.10 Å². The van der Waals surface area contributed by atoms with Gasteiger partial charge in [-0.1, -0.05) is 18.2 Å². The summed E-state index contributed by atoms with van der Waals surface area (Å²) in [5, 5.41) is 15.8. The number of rotatable bonds is 10. The molecule has 8 nitrogen and oxygen atoms in total. The summed E-state index contributed by atoms with van der Waals surface area (Å²) in [5.41, 5.74) is 4.71. The maximum Gasteiger partial charge on any atom is 0.240 e. The van der Waals surface area contributed by atoms with Crippen molar-refractivity contribution in [2.75, 3.05) is 12.4 Å². The van der Waals surface area contributed by atoms with Crippen LogP contribution < -0.4 is 20.2 Å². The SMILES string of the molecule is COc1cc(C=NNC(=O)CCC(=O)Nc2ccc(F)cc2)cc(Br)c1OCc1ccccc1C#N. The third-order valence-corrected chi connectivity index (χ3v) is 5.46. The van der Waals surface area contributed by atoms with Gasteiger partial charge in [-0.05, 0) is 64.0 Å². The van der Waals surface area contributed by atoms with E-state index in [0.717, 1.165) is 5.56 Å². The van der Waals surface area contributed by atoms with Crippen LogP contribution in [0.2, 0.25) is 0 Å². The van der Waals surface area contributed by atoms with Crippen molar-refractivity contribution in [3.63, 3.8) is 0 Å². The van der Waals surface area contributed by atoms with Gasteiger partial charge in [0, 0.05) is 24.1 Å². The van der Waals surface area contributed by atoms with Crippen molar-refractivity contribution in [1.29, 1.82) is 5.26 Å². The van der Waals surface area contributed by atoms with E-state index in [4.69, 9.17) is 9.47 Å². The zero-order valence-electron chi connectivity index (χ0n) is 19.3. The molecule has 0 aromatic heterocycles. The number of carbonyl (C=O) groups excluding carboxylic acids is 2. The summed E-state index contributed by atoms with van der Waals surface area (Å²) in [6, 6.07) is 18.0. The summed E-state index contributed by atoms with van der Waals surface area (Å²) in [6.45, 7) is 0.178. The highest BCUT2D eigenvalue weighted by Crippen LogP contribution is 2.37. The molecule has 184 valence electrons. The van der Waals surface area contributed by atoms with Crippen molar-refractivity contribution >= 4 is 39.6 Å². The molecule has 36 heavy (non-hydrogen) atoms. The summed E-state index contributed by atoms with van der Waals surface area (Å²) >= 11 is 3.46. The Kier molecular flexibility index (Phi) is 9.54. The van der Waals surface area contributed by atoms with E-state index in [-0.39, 0.29) is 25.4 Å². The average Bonchev–Trinajstić information content (AvgIpc) is 2.88. The minimum atomic E-state index is -0.442. The molecule has 3 rings (SSSR count). The fourth-order valence-electron chi connectivity index (χ4n) is 3.08. The topological polar surface area (TPSA) is 113 Å². The number of nitrogens with one attached hydrogen (secondary N) is 2. The zero-order valence-corrected chi connectivity index (χ0v) is 20.8. The van der Waals surface area contributed by atoms with Gasteiger partial charge >= 0.3 is 0 Å². The highest BCUT2D eigenvalue weighted by Gasteiger charge is 2.13. The van der Waals surface area contributed by atoms with Gasteiger partial charge in [0.2, 0.25) is 11.8 Å². The molecule has 0 saturated carbocycles. The molecule has 0 bridgehead atoms. The molecule has 0 spiro atoms. The number of methoxy groups -OCH3 is 1. The first-order valence-electron chi connectivity index (χ1n) is 10.7. The maximum atomic E-state index is 12.9. The van der Waals surface area contributed by atoms with Crippen molar-refractivity contribution < 1.29 is 23.5 Å². The molecule has 0 saturated heterocycles. The molecule has 3 aromatic carbocycles. The van der Waals surface area contributed by atoms with E-state index in [1.54, 1.807) is 24.3 Å². The number of anilines is 1. The number of hydrogen-bond donors (Lipinski definition) is 2. The van der Waals surface area contributed by atoms with Crippen LogP contribution in [0.4, 0.5) is 10.1 Å². The van der Waals surface area contributed by atoms with Gasteiger partial charge in [-0.3, -0.25) is 9.59 Å². The molecule has 0 atom stereocenters. The van der Waals surface area contributed by atoms with Gasteiger partial charge in [-0.2, -0.15) is 10.4 Å². The van der Waals surface area contributed by atoms with Crippen LogP contribution in [0.5, 0.6) is 11.5 Å². The van der Waals surface area contributed by atoms with E-state index in [1.165, 1.54) is 37.6 Å². The lowest BCUT2D eigenvalue weighted by Gasteiger charge is -2.14. The standard InChI is InChI=1S/C26H22BrFN4O4/c1-35-23-13-17(12-22(27)26(23)36-16-19-5-3-2-4-18(19)14-29)15-30-32-25(34)11-10-24(33)31-21-8-6-20(28)7-9-21/h2-9,12-13,15H,10-11,16H2,1H3,(H,31,33)(H,32,34). The summed E-state index contributed by atoms with van der Waals surface area (Å²) in [7, 11) is 1.50. The molecular formula is C26H22BrFN4O4. The fourth-order valence-corrected chi connectivity index (χ4v) is 3.65. The van der Waals surface area contributed by atoms with Crippen LogP contribution in [0.3, 0.4) is 0 Å². The summed E-state index contributed by atoms with van der Waals surface area (Å²) in [4.78, 5) is 24.0. The molecule has 10 heteroatoms. The Hall–Kier alpha value is -4.23.